The molecule has 2 N–H and O–H groups in total. The molecule has 0 aliphatic heterocycles. The highest BCUT2D eigenvalue weighted by Crippen LogP contribution is 2.22. The number of halogens is 3. The van der Waals surface area contributed by atoms with Crippen LogP contribution >= 0.6 is 0 Å². The number of amides is 2. The molecule has 0 spiro atoms. The fourth-order valence-electron chi connectivity index (χ4n) is 2.26. The van der Waals surface area contributed by atoms with Crippen LogP contribution < -0.4 is 15.4 Å². The number of anilines is 1. The smallest absolute Gasteiger partial charge is 0.422 e. The van der Waals surface area contributed by atoms with E-state index in [4.69, 9.17) is 0 Å². The predicted molar refractivity (Wildman–Crippen MR) is 90.7 cm³/mol. The number of benzene rings is 1. The lowest BCUT2D eigenvalue weighted by atomic mass is 10.1. The van der Waals surface area contributed by atoms with Gasteiger partial charge in [-0.1, -0.05) is 12.1 Å². The third-order valence-electron chi connectivity index (χ3n) is 3.71. The molecule has 0 bridgehead atoms. The van der Waals surface area contributed by atoms with Crippen molar-refractivity contribution in [1.82, 2.24) is 10.3 Å². The summed E-state index contributed by atoms with van der Waals surface area (Å²) in [5.74, 6) is -1.21. The number of alkyl halides is 3. The molecule has 1 aromatic heterocycles. The summed E-state index contributed by atoms with van der Waals surface area (Å²) in [6.45, 7) is -1.50. The number of para-hydroxylation sites is 1. The first kappa shape index (κ1) is 18.7. The quantitative estimate of drug-likeness (QED) is 0.808. The SMILES string of the molecule is O=C(Nc1ccccc1C(=O)NC1CC1)c1ccnc(OCC(F)(F)F)c1. The molecule has 1 aliphatic carbocycles. The summed E-state index contributed by atoms with van der Waals surface area (Å²) in [5, 5.41) is 5.43. The summed E-state index contributed by atoms with van der Waals surface area (Å²) >= 11 is 0. The van der Waals surface area contributed by atoms with Crippen LogP contribution in [0.2, 0.25) is 0 Å². The van der Waals surface area contributed by atoms with E-state index in [0.717, 1.165) is 18.9 Å². The molecule has 1 aromatic carbocycles. The number of hydrogen-bond donors (Lipinski definition) is 2. The topological polar surface area (TPSA) is 80.3 Å². The number of hydrogen-bond acceptors (Lipinski definition) is 4. The van der Waals surface area contributed by atoms with Gasteiger partial charge in [-0.05, 0) is 31.0 Å². The summed E-state index contributed by atoms with van der Waals surface area (Å²) in [6, 6.07) is 9.09. The Morgan fingerprint density at radius 3 is 2.59 bits per heavy atom. The van der Waals surface area contributed by atoms with Crippen LogP contribution in [-0.2, 0) is 0 Å². The zero-order valence-electron chi connectivity index (χ0n) is 14.0. The molecule has 2 amide bonds. The van der Waals surface area contributed by atoms with Crippen LogP contribution in [0.15, 0.2) is 42.6 Å². The second kappa shape index (κ2) is 7.65. The highest BCUT2D eigenvalue weighted by molar-refractivity contribution is 6.09. The van der Waals surface area contributed by atoms with E-state index in [0.29, 0.717) is 11.3 Å². The molecule has 3 rings (SSSR count). The van der Waals surface area contributed by atoms with Crippen molar-refractivity contribution >= 4 is 17.5 Å². The van der Waals surface area contributed by atoms with E-state index in [-0.39, 0.29) is 23.4 Å². The number of ether oxygens (including phenoxy) is 1. The Labute approximate surface area is 152 Å². The number of nitrogens with zero attached hydrogens (tertiary/aromatic N) is 1. The maximum atomic E-state index is 12.4. The Balaban J connectivity index is 1.71. The Bertz CT molecular complexity index is 851. The minimum Gasteiger partial charge on any atom is -0.468 e. The molecule has 1 saturated carbocycles. The number of rotatable bonds is 6. The first-order valence-corrected chi connectivity index (χ1v) is 8.19. The average molecular weight is 379 g/mol. The van der Waals surface area contributed by atoms with Gasteiger partial charge < -0.3 is 15.4 Å². The fraction of sp³-hybridized carbons (Fsp3) is 0.278. The van der Waals surface area contributed by atoms with Crippen molar-refractivity contribution in [3.63, 3.8) is 0 Å². The van der Waals surface area contributed by atoms with Gasteiger partial charge in [-0.15, -0.1) is 0 Å². The summed E-state index contributed by atoms with van der Waals surface area (Å²) in [7, 11) is 0. The van der Waals surface area contributed by atoms with Crippen LogP contribution in [0.1, 0.15) is 33.6 Å². The summed E-state index contributed by atoms with van der Waals surface area (Å²) in [6.07, 6.45) is -1.48. The number of nitrogens with one attached hydrogen (secondary N) is 2. The predicted octanol–water partition coefficient (Wildman–Crippen LogP) is 3.17. The molecule has 142 valence electrons. The number of carbonyl (C=O) groups is 2. The molecule has 0 atom stereocenters. The van der Waals surface area contributed by atoms with Crippen molar-refractivity contribution in [2.75, 3.05) is 11.9 Å². The van der Waals surface area contributed by atoms with Crippen molar-refractivity contribution in [1.29, 1.82) is 0 Å². The van der Waals surface area contributed by atoms with E-state index >= 15 is 0 Å². The number of pyridine rings is 1. The fourth-order valence-corrected chi connectivity index (χ4v) is 2.26. The molecular formula is C18H16F3N3O3. The van der Waals surface area contributed by atoms with E-state index in [1.807, 2.05) is 0 Å². The normalized spacial score (nSPS) is 13.7. The van der Waals surface area contributed by atoms with Crippen molar-refractivity contribution in [2.45, 2.75) is 25.1 Å². The molecule has 6 nitrogen and oxygen atoms in total. The molecule has 27 heavy (non-hydrogen) atoms. The Kier molecular flexibility index (Phi) is 5.29. The van der Waals surface area contributed by atoms with Gasteiger partial charge in [0.05, 0.1) is 11.3 Å². The summed E-state index contributed by atoms with van der Waals surface area (Å²) < 4.78 is 41.2. The van der Waals surface area contributed by atoms with Crippen LogP contribution in [-0.4, -0.2) is 35.6 Å². The molecule has 1 heterocycles. The molecule has 1 aliphatic rings. The Hall–Kier alpha value is -3.10. The number of aromatic nitrogens is 1. The van der Waals surface area contributed by atoms with Crippen LogP contribution in [0.3, 0.4) is 0 Å². The molecule has 0 saturated heterocycles. The summed E-state index contributed by atoms with van der Waals surface area (Å²) in [4.78, 5) is 28.3. The van der Waals surface area contributed by atoms with E-state index in [1.165, 1.54) is 12.3 Å². The van der Waals surface area contributed by atoms with Crippen molar-refractivity contribution in [3.8, 4) is 5.88 Å². The minimum atomic E-state index is -4.51. The molecule has 0 unspecified atom stereocenters. The summed E-state index contributed by atoms with van der Waals surface area (Å²) in [5.41, 5.74) is 0.662. The first-order chi connectivity index (χ1) is 12.8. The van der Waals surface area contributed by atoms with Crippen molar-refractivity contribution in [3.05, 3.63) is 53.7 Å². The molecule has 9 heteroatoms. The second-order valence-corrected chi connectivity index (χ2v) is 6.03. The van der Waals surface area contributed by atoms with E-state index < -0.39 is 18.7 Å². The maximum absolute atomic E-state index is 12.4. The largest absolute Gasteiger partial charge is 0.468 e. The van der Waals surface area contributed by atoms with E-state index in [9.17, 15) is 22.8 Å². The van der Waals surface area contributed by atoms with Crippen LogP contribution in [0.4, 0.5) is 18.9 Å². The van der Waals surface area contributed by atoms with Crippen molar-refractivity contribution in [2.24, 2.45) is 0 Å². The minimum absolute atomic E-state index is 0.0552. The Morgan fingerprint density at radius 1 is 1.15 bits per heavy atom. The van der Waals surface area contributed by atoms with Crippen LogP contribution in [0, 0.1) is 0 Å². The third kappa shape index (κ3) is 5.44. The second-order valence-electron chi connectivity index (χ2n) is 6.03. The Morgan fingerprint density at radius 2 is 1.89 bits per heavy atom. The highest BCUT2D eigenvalue weighted by Gasteiger charge is 2.29. The van der Waals surface area contributed by atoms with Gasteiger partial charge in [-0.2, -0.15) is 13.2 Å². The third-order valence-corrected chi connectivity index (χ3v) is 3.71. The van der Waals surface area contributed by atoms with Gasteiger partial charge in [0.1, 0.15) is 0 Å². The lowest BCUT2D eigenvalue weighted by Crippen LogP contribution is -2.27. The van der Waals surface area contributed by atoms with Crippen molar-refractivity contribution < 1.29 is 27.5 Å². The lowest BCUT2D eigenvalue weighted by molar-refractivity contribution is -0.154. The first-order valence-electron chi connectivity index (χ1n) is 8.19. The maximum Gasteiger partial charge on any atom is 0.422 e. The van der Waals surface area contributed by atoms with Gasteiger partial charge in [0, 0.05) is 23.9 Å². The highest BCUT2D eigenvalue weighted by atomic mass is 19.4. The standard InChI is InChI=1S/C18H16F3N3O3/c19-18(20,21)10-27-15-9-11(7-8-22-15)16(25)24-14-4-2-1-3-13(14)17(26)23-12-5-6-12/h1-4,7-9,12H,5-6,10H2,(H,23,26)(H,24,25). The molecule has 1 fully saturated rings. The lowest BCUT2D eigenvalue weighted by Gasteiger charge is -2.12. The molecular weight excluding hydrogens is 363 g/mol. The zero-order chi connectivity index (χ0) is 19.4. The van der Waals surface area contributed by atoms with E-state index in [1.54, 1.807) is 24.3 Å². The zero-order valence-corrected chi connectivity index (χ0v) is 14.0. The molecule has 2 aromatic rings. The van der Waals surface area contributed by atoms with Gasteiger partial charge in [0.15, 0.2) is 6.61 Å². The monoisotopic (exact) mass is 379 g/mol. The van der Waals surface area contributed by atoms with Gasteiger partial charge in [-0.25, -0.2) is 4.98 Å². The van der Waals surface area contributed by atoms with Gasteiger partial charge >= 0.3 is 6.18 Å². The van der Waals surface area contributed by atoms with Crippen LogP contribution in [0.5, 0.6) is 5.88 Å². The van der Waals surface area contributed by atoms with Crippen LogP contribution in [0.25, 0.3) is 0 Å². The van der Waals surface area contributed by atoms with Gasteiger partial charge in [0.25, 0.3) is 11.8 Å². The molecule has 0 radical (unpaired) electrons. The van der Waals surface area contributed by atoms with Gasteiger partial charge in [0.2, 0.25) is 5.88 Å². The number of carbonyl (C=O) groups excluding carboxylic acids is 2. The van der Waals surface area contributed by atoms with Gasteiger partial charge in [-0.3, -0.25) is 9.59 Å². The average Bonchev–Trinajstić information content (AvgIpc) is 3.44. The van der Waals surface area contributed by atoms with E-state index in [2.05, 4.69) is 20.4 Å².